The number of aryl methyl sites for hydroxylation is 2. The molecule has 2 aromatic rings. The molecule has 0 spiro atoms. The van der Waals surface area contributed by atoms with Gasteiger partial charge in [0.05, 0.1) is 0 Å². The first-order chi connectivity index (χ1) is 12.1. The van der Waals surface area contributed by atoms with E-state index >= 15 is 0 Å². The van der Waals surface area contributed by atoms with Crippen molar-refractivity contribution in [1.82, 2.24) is 0 Å². The molecular formula is C23H31O2P. The third-order valence-corrected chi connectivity index (χ3v) is 7.90. The van der Waals surface area contributed by atoms with E-state index in [0.717, 1.165) is 24.0 Å². The van der Waals surface area contributed by atoms with Crippen LogP contribution in [-0.2, 0) is 9.98 Å². The Bertz CT molecular complexity index is 806. The van der Waals surface area contributed by atoms with Crippen LogP contribution in [0, 0.1) is 13.8 Å². The zero-order valence-electron chi connectivity index (χ0n) is 16.9. The van der Waals surface area contributed by atoms with E-state index in [-0.39, 0.29) is 10.9 Å². The summed E-state index contributed by atoms with van der Waals surface area (Å²) in [7, 11) is -3.15. The molecule has 0 saturated heterocycles. The highest BCUT2D eigenvalue weighted by molar-refractivity contribution is 7.87. The van der Waals surface area contributed by atoms with Crippen LogP contribution in [0.25, 0.3) is 0 Å². The standard InChI is InChI=1S/C23H31O2P/c1-7-8-14-26(25,20-12-10-9-11-13-20)22(24)21-17(2)15-19(16-18(21)3)23(4,5)6/h9-13,15-16H,7-8,14H2,1-6H3. The summed E-state index contributed by atoms with van der Waals surface area (Å²) < 4.78 is 13.9. The molecule has 0 aliphatic rings. The normalized spacial score (nSPS) is 14.1. The van der Waals surface area contributed by atoms with Gasteiger partial charge in [-0.1, -0.05) is 76.6 Å². The van der Waals surface area contributed by atoms with Gasteiger partial charge < -0.3 is 4.57 Å². The average Bonchev–Trinajstić information content (AvgIpc) is 2.58. The van der Waals surface area contributed by atoms with Crippen molar-refractivity contribution in [2.75, 3.05) is 6.16 Å². The summed E-state index contributed by atoms with van der Waals surface area (Å²) in [6.07, 6.45) is 2.15. The molecule has 1 unspecified atom stereocenters. The molecule has 1 atom stereocenters. The van der Waals surface area contributed by atoms with Gasteiger partial charge in [0, 0.05) is 17.0 Å². The van der Waals surface area contributed by atoms with Crippen molar-refractivity contribution in [2.24, 2.45) is 0 Å². The number of carbonyl (C=O) groups is 1. The first-order valence-electron chi connectivity index (χ1n) is 9.42. The largest absolute Gasteiger partial charge is 0.310 e. The minimum Gasteiger partial charge on any atom is -0.310 e. The van der Waals surface area contributed by atoms with E-state index in [2.05, 4.69) is 39.8 Å². The molecule has 0 aliphatic heterocycles. The first kappa shape index (κ1) is 20.6. The predicted octanol–water partition coefficient (Wildman–Crippen LogP) is 6.23. The van der Waals surface area contributed by atoms with Gasteiger partial charge in [-0.25, -0.2) is 0 Å². The van der Waals surface area contributed by atoms with Crippen LogP contribution in [0.4, 0.5) is 0 Å². The summed E-state index contributed by atoms with van der Waals surface area (Å²) in [6, 6.07) is 13.5. The molecule has 0 aliphatic carbocycles. The summed E-state index contributed by atoms with van der Waals surface area (Å²) in [5.41, 5.74) is 3.52. The third kappa shape index (κ3) is 4.18. The van der Waals surface area contributed by atoms with Gasteiger partial charge in [-0.2, -0.15) is 0 Å². The number of carbonyl (C=O) groups excluding carboxylic acids is 1. The Morgan fingerprint density at radius 3 is 2.00 bits per heavy atom. The van der Waals surface area contributed by atoms with E-state index < -0.39 is 7.14 Å². The van der Waals surface area contributed by atoms with Gasteiger partial charge in [-0.15, -0.1) is 0 Å². The van der Waals surface area contributed by atoms with Crippen molar-refractivity contribution in [3.8, 4) is 0 Å². The van der Waals surface area contributed by atoms with Crippen LogP contribution in [0.1, 0.15) is 67.6 Å². The smallest absolute Gasteiger partial charge is 0.226 e. The molecule has 2 rings (SSSR count). The second kappa shape index (κ2) is 7.92. The fourth-order valence-corrected chi connectivity index (χ4v) is 6.14. The Labute approximate surface area is 158 Å². The van der Waals surface area contributed by atoms with Gasteiger partial charge in [0.25, 0.3) is 0 Å². The van der Waals surface area contributed by atoms with Crippen molar-refractivity contribution >= 4 is 18.0 Å². The average molecular weight is 370 g/mol. The number of hydrogen-bond acceptors (Lipinski definition) is 2. The van der Waals surface area contributed by atoms with Gasteiger partial charge in [-0.05, 0) is 42.4 Å². The summed E-state index contributed by atoms with van der Waals surface area (Å²) in [4.78, 5) is 13.5. The van der Waals surface area contributed by atoms with Crippen LogP contribution in [0.15, 0.2) is 42.5 Å². The lowest BCUT2D eigenvalue weighted by molar-refractivity contribution is 0.107. The number of rotatable bonds is 6. The van der Waals surface area contributed by atoms with Crippen LogP contribution in [0.3, 0.4) is 0 Å². The minimum atomic E-state index is -3.15. The Morgan fingerprint density at radius 1 is 1.00 bits per heavy atom. The van der Waals surface area contributed by atoms with E-state index in [1.807, 2.05) is 44.2 Å². The quantitative estimate of drug-likeness (QED) is 0.565. The van der Waals surface area contributed by atoms with Crippen molar-refractivity contribution in [1.29, 1.82) is 0 Å². The monoisotopic (exact) mass is 370 g/mol. The molecule has 0 bridgehead atoms. The summed E-state index contributed by atoms with van der Waals surface area (Å²) >= 11 is 0. The second-order valence-corrected chi connectivity index (χ2v) is 11.0. The molecule has 0 fully saturated rings. The molecule has 0 saturated carbocycles. The molecular weight excluding hydrogens is 339 g/mol. The second-order valence-electron chi connectivity index (χ2n) is 8.19. The van der Waals surface area contributed by atoms with Crippen LogP contribution < -0.4 is 5.30 Å². The minimum absolute atomic E-state index is 0.0163. The highest BCUT2D eigenvalue weighted by atomic mass is 31.2. The van der Waals surface area contributed by atoms with Gasteiger partial charge in [-0.3, -0.25) is 4.79 Å². The topological polar surface area (TPSA) is 34.1 Å². The Hall–Kier alpha value is -1.66. The van der Waals surface area contributed by atoms with E-state index in [0.29, 0.717) is 17.0 Å². The maximum Gasteiger partial charge on any atom is 0.226 e. The Morgan fingerprint density at radius 2 is 1.54 bits per heavy atom. The molecule has 0 N–H and O–H groups in total. The predicted molar refractivity (Wildman–Crippen MR) is 112 cm³/mol. The number of hydrogen-bond donors (Lipinski definition) is 0. The zero-order valence-corrected chi connectivity index (χ0v) is 17.8. The van der Waals surface area contributed by atoms with Crippen molar-refractivity contribution in [2.45, 2.75) is 59.8 Å². The molecule has 3 heteroatoms. The highest BCUT2D eigenvalue weighted by Crippen LogP contribution is 2.49. The molecule has 2 aromatic carbocycles. The molecule has 2 nitrogen and oxygen atoms in total. The molecule has 26 heavy (non-hydrogen) atoms. The fourth-order valence-electron chi connectivity index (χ4n) is 3.31. The lowest BCUT2D eigenvalue weighted by Crippen LogP contribution is -2.19. The van der Waals surface area contributed by atoms with Crippen LogP contribution in [0.2, 0.25) is 0 Å². The molecule has 0 heterocycles. The highest BCUT2D eigenvalue weighted by Gasteiger charge is 2.35. The van der Waals surface area contributed by atoms with Crippen LogP contribution in [-0.4, -0.2) is 11.7 Å². The van der Waals surface area contributed by atoms with E-state index in [9.17, 15) is 9.36 Å². The van der Waals surface area contributed by atoms with Crippen molar-refractivity contribution in [3.63, 3.8) is 0 Å². The van der Waals surface area contributed by atoms with Crippen molar-refractivity contribution in [3.05, 3.63) is 64.7 Å². The lowest BCUT2D eigenvalue weighted by Gasteiger charge is -2.24. The third-order valence-electron chi connectivity index (χ3n) is 4.94. The number of benzene rings is 2. The molecule has 0 radical (unpaired) electrons. The fraction of sp³-hybridized carbons (Fsp3) is 0.435. The van der Waals surface area contributed by atoms with Gasteiger partial charge in [0.2, 0.25) is 5.52 Å². The maximum atomic E-state index is 13.9. The summed E-state index contributed by atoms with van der Waals surface area (Å²) in [6.45, 7) is 12.5. The summed E-state index contributed by atoms with van der Waals surface area (Å²) in [5.74, 6) is 0. The molecule has 140 valence electrons. The molecule has 0 amide bonds. The Balaban J connectivity index is 2.59. The SMILES string of the molecule is CCCCP(=O)(C(=O)c1c(C)cc(C(C)(C)C)cc1C)c1ccccc1. The maximum absolute atomic E-state index is 13.9. The first-order valence-corrected chi connectivity index (χ1v) is 11.3. The Kier molecular flexibility index (Phi) is 6.29. The zero-order chi connectivity index (χ0) is 19.5. The van der Waals surface area contributed by atoms with E-state index in [1.165, 1.54) is 5.56 Å². The van der Waals surface area contributed by atoms with Gasteiger partial charge in [0.1, 0.15) is 0 Å². The lowest BCUT2D eigenvalue weighted by atomic mass is 9.84. The number of unbranched alkanes of at least 4 members (excludes halogenated alkanes) is 1. The molecule has 0 aromatic heterocycles. The van der Waals surface area contributed by atoms with E-state index in [1.54, 1.807) is 0 Å². The van der Waals surface area contributed by atoms with E-state index in [4.69, 9.17) is 0 Å². The summed E-state index contributed by atoms with van der Waals surface area (Å²) in [5, 5.41) is 0.678. The van der Waals surface area contributed by atoms with Gasteiger partial charge >= 0.3 is 0 Å². The van der Waals surface area contributed by atoms with Gasteiger partial charge in [0.15, 0.2) is 7.14 Å². The van der Waals surface area contributed by atoms with Crippen LogP contribution >= 0.6 is 7.14 Å². The van der Waals surface area contributed by atoms with Crippen molar-refractivity contribution < 1.29 is 9.36 Å². The van der Waals surface area contributed by atoms with Crippen LogP contribution in [0.5, 0.6) is 0 Å².